The van der Waals surface area contributed by atoms with E-state index in [1.165, 1.54) is 10.8 Å². The molecule has 0 unspecified atom stereocenters. The highest BCUT2D eigenvalue weighted by Gasteiger charge is 2.22. The van der Waals surface area contributed by atoms with Gasteiger partial charge in [0.2, 0.25) is 10.0 Å². The Kier molecular flexibility index (Phi) is 4.62. The van der Waals surface area contributed by atoms with E-state index >= 15 is 0 Å². The Morgan fingerprint density at radius 1 is 1.45 bits per heavy atom. The molecular formula is C13H21N3O3S. The molecule has 1 saturated heterocycles. The molecule has 0 amide bonds. The number of rotatable bonds is 4. The molecule has 20 heavy (non-hydrogen) atoms. The van der Waals surface area contributed by atoms with E-state index in [1.807, 2.05) is 6.07 Å². The molecule has 1 fully saturated rings. The molecular weight excluding hydrogens is 278 g/mol. The standard InChI is InChI=1S/C13H21N3O3S/c1-15-7-5-11(8-13(15)17)9-16-6-3-4-12(10-16)14-20(2,18)19/h5,7-8,12,14H,3-4,6,9-10H2,1-2H3/t12-/m0/s1. The van der Waals surface area contributed by atoms with Crippen LogP contribution in [0.25, 0.3) is 0 Å². The number of nitrogens with zero attached hydrogens (tertiary/aromatic N) is 2. The number of hydrogen-bond donors (Lipinski definition) is 1. The lowest BCUT2D eigenvalue weighted by Gasteiger charge is -2.32. The van der Waals surface area contributed by atoms with Crippen molar-refractivity contribution in [3.8, 4) is 0 Å². The van der Waals surface area contributed by atoms with Gasteiger partial charge in [0.25, 0.3) is 5.56 Å². The molecule has 0 aliphatic carbocycles. The monoisotopic (exact) mass is 299 g/mol. The van der Waals surface area contributed by atoms with Gasteiger partial charge in [-0.15, -0.1) is 0 Å². The van der Waals surface area contributed by atoms with Crippen LogP contribution in [0.5, 0.6) is 0 Å². The topological polar surface area (TPSA) is 71.4 Å². The Balaban J connectivity index is 1.99. The van der Waals surface area contributed by atoms with Gasteiger partial charge in [0.15, 0.2) is 0 Å². The van der Waals surface area contributed by atoms with Gasteiger partial charge in [-0.25, -0.2) is 13.1 Å². The minimum Gasteiger partial charge on any atom is -0.319 e. The average molecular weight is 299 g/mol. The van der Waals surface area contributed by atoms with Crippen LogP contribution in [0, 0.1) is 0 Å². The maximum Gasteiger partial charge on any atom is 0.250 e. The van der Waals surface area contributed by atoms with Gasteiger partial charge < -0.3 is 4.57 Å². The molecule has 0 radical (unpaired) electrons. The van der Waals surface area contributed by atoms with E-state index < -0.39 is 10.0 Å². The molecule has 1 aliphatic heterocycles. The summed E-state index contributed by atoms with van der Waals surface area (Å²) >= 11 is 0. The lowest BCUT2D eigenvalue weighted by atomic mass is 10.1. The van der Waals surface area contributed by atoms with Gasteiger partial charge in [-0.2, -0.15) is 0 Å². The number of sulfonamides is 1. The molecule has 112 valence electrons. The van der Waals surface area contributed by atoms with Crippen LogP contribution >= 0.6 is 0 Å². The third kappa shape index (κ3) is 4.43. The summed E-state index contributed by atoms with van der Waals surface area (Å²) in [6.45, 7) is 2.29. The Morgan fingerprint density at radius 3 is 2.85 bits per heavy atom. The van der Waals surface area contributed by atoms with Gasteiger partial charge >= 0.3 is 0 Å². The fourth-order valence-corrected chi connectivity index (χ4v) is 3.34. The summed E-state index contributed by atoms with van der Waals surface area (Å²) in [5.74, 6) is 0. The number of pyridine rings is 1. The van der Waals surface area contributed by atoms with Crippen LogP contribution in [0.1, 0.15) is 18.4 Å². The molecule has 2 heterocycles. The Bertz CT molecular complexity index is 624. The lowest BCUT2D eigenvalue weighted by molar-refractivity contribution is 0.194. The molecule has 1 aromatic rings. The highest BCUT2D eigenvalue weighted by molar-refractivity contribution is 7.88. The summed E-state index contributed by atoms with van der Waals surface area (Å²) < 4.78 is 26.7. The Hall–Kier alpha value is -1.18. The number of aromatic nitrogens is 1. The molecule has 7 heteroatoms. The van der Waals surface area contributed by atoms with Gasteiger partial charge in [0.05, 0.1) is 6.26 Å². The van der Waals surface area contributed by atoms with Crippen LogP contribution in [0.2, 0.25) is 0 Å². The zero-order valence-electron chi connectivity index (χ0n) is 11.9. The predicted octanol–water partition coefficient (Wildman–Crippen LogP) is -0.101. The van der Waals surface area contributed by atoms with E-state index in [1.54, 1.807) is 19.3 Å². The predicted molar refractivity (Wildman–Crippen MR) is 78.0 cm³/mol. The highest BCUT2D eigenvalue weighted by Crippen LogP contribution is 2.13. The normalized spacial score (nSPS) is 21.0. The summed E-state index contributed by atoms with van der Waals surface area (Å²) in [6, 6.07) is 3.52. The summed E-state index contributed by atoms with van der Waals surface area (Å²) in [6.07, 6.45) is 4.76. The maximum absolute atomic E-state index is 11.6. The molecule has 6 nitrogen and oxygen atoms in total. The van der Waals surface area contributed by atoms with Crippen LogP contribution in [0.15, 0.2) is 23.1 Å². The van der Waals surface area contributed by atoms with Crippen LogP contribution in [0.3, 0.4) is 0 Å². The summed E-state index contributed by atoms with van der Waals surface area (Å²) in [7, 11) is -1.44. The number of piperidine rings is 1. The molecule has 1 aromatic heterocycles. The largest absolute Gasteiger partial charge is 0.319 e. The number of likely N-dealkylation sites (tertiary alicyclic amines) is 1. The SMILES string of the molecule is Cn1ccc(CN2CCC[C@H](NS(C)(=O)=O)C2)cc1=O. The second-order valence-electron chi connectivity index (χ2n) is 5.45. The van der Waals surface area contributed by atoms with Crippen LogP contribution in [-0.4, -0.2) is 43.3 Å². The van der Waals surface area contributed by atoms with Crippen LogP contribution in [-0.2, 0) is 23.6 Å². The second-order valence-corrected chi connectivity index (χ2v) is 7.23. The molecule has 0 aromatic carbocycles. The second kappa shape index (κ2) is 6.07. The van der Waals surface area contributed by atoms with E-state index in [0.29, 0.717) is 13.1 Å². The zero-order chi connectivity index (χ0) is 14.8. The first-order chi connectivity index (χ1) is 9.33. The van der Waals surface area contributed by atoms with Crippen molar-refractivity contribution in [3.05, 3.63) is 34.2 Å². The molecule has 1 N–H and O–H groups in total. The van der Waals surface area contributed by atoms with Crippen LogP contribution < -0.4 is 10.3 Å². The van der Waals surface area contributed by atoms with Crippen molar-refractivity contribution in [2.24, 2.45) is 7.05 Å². The minimum absolute atomic E-state index is 0.0229. The minimum atomic E-state index is -3.16. The van der Waals surface area contributed by atoms with E-state index in [9.17, 15) is 13.2 Å². The van der Waals surface area contributed by atoms with Gasteiger partial charge in [0.1, 0.15) is 0 Å². The smallest absolute Gasteiger partial charge is 0.250 e. The molecule has 0 spiro atoms. The maximum atomic E-state index is 11.6. The molecule has 0 bridgehead atoms. The average Bonchev–Trinajstić information content (AvgIpc) is 2.32. The lowest BCUT2D eigenvalue weighted by Crippen LogP contribution is -2.47. The Morgan fingerprint density at radius 2 is 2.20 bits per heavy atom. The third-order valence-electron chi connectivity index (χ3n) is 3.46. The summed E-state index contributed by atoms with van der Waals surface area (Å²) in [4.78, 5) is 13.8. The van der Waals surface area contributed by atoms with Crippen molar-refractivity contribution in [2.45, 2.75) is 25.4 Å². The quantitative estimate of drug-likeness (QED) is 0.843. The summed E-state index contributed by atoms with van der Waals surface area (Å²) in [5, 5.41) is 0. The van der Waals surface area contributed by atoms with E-state index in [2.05, 4.69) is 9.62 Å². The van der Waals surface area contributed by atoms with Gasteiger partial charge in [-0.3, -0.25) is 9.69 Å². The van der Waals surface area contributed by atoms with Crippen molar-refractivity contribution >= 4 is 10.0 Å². The van der Waals surface area contributed by atoms with E-state index in [-0.39, 0.29) is 11.6 Å². The van der Waals surface area contributed by atoms with Crippen molar-refractivity contribution in [3.63, 3.8) is 0 Å². The molecule has 2 rings (SSSR count). The van der Waals surface area contributed by atoms with Crippen molar-refractivity contribution < 1.29 is 8.42 Å². The first kappa shape index (κ1) is 15.2. The fourth-order valence-electron chi connectivity index (χ4n) is 2.54. The van der Waals surface area contributed by atoms with Crippen molar-refractivity contribution in [1.82, 2.24) is 14.2 Å². The first-order valence-electron chi connectivity index (χ1n) is 6.69. The van der Waals surface area contributed by atoms with E-state index in [0.717, 1.165) is 24.9 Å². The fraction of sp³-hybridized carbons (Fsp3) is 0.615. The van der Waals surface area contributed by atoms with Gasteiger partial charge in [0, 0.05) is 38.4 Å². The molecule has 1 atom stereocenters. The first-order valence-corrected chi connectivity index (χ1v) is 8.58. The Labute approximate surface area is 119 Å². The third-order valence-corrected chi connectivity index (χ3v) is 4.22. The molecule has 0 saturated carbocycles. The van der Waals surface area contributed by atoms with Gasteiger partial charge in [-0.1, -0.05) is 0 Å². The number of nitrogens with one attached hydrogen (secondary N) is 1. The number of hydrogen-bond acceptors (Lipinski definition) is 4. The van der Waals surface area contributed by atoms with E-state index in [4.69, 9.17) is 0 Å². The van der Waals surface area contributed by atoms with Crippen molar-refractivity contribution in [2.75, 3.05) is 19.3 Å². The van der Waals surface area contributed by atoms with Crippen LogP contribution in [0.4, 0.5) is 0 Å². The zero-order valence-corrected chi connectivity index (χ0v) is 12.7. The van der Waals surface area contributed by atoms with Crippen molar-refractivity contribution in [1.29, 1.82) is 0 Å². The molecule has 1 aliphatic rings. The van der Waals surface area contributed by atoms with Gasteiger partial charge in [-0.05, 0) is 31.0 Å². The summed E-state index contributed by atoms with van der Waals surface area (Å²) in [5.41, 5.74) is 0.943. The highest BCUT2D eigenvalue weighted by atomic mass is 32.2. The number of aryl methyl sites for hydroxylation is 1.